The Hall–Kier alpha value is -1.50. The molecule has 0 unspecified atom stereocenters. The first-order valence-electron chi connectivity index (χ1n) is 10.4. The number of aryl methyl sites for hydroxylation is 1. The molecule has 0 bridgehead atoms. The Morgan fingerprint density at radius 3 is 2.30 bits per heavy atom. The van der Waals surface area contributed by atoms with Crippen molar-refractivity contribution in [2.45, 2.75) is 59.3 Å². The van der Waals surface area contributed by atoms with Crippen LogP contribution in [0.2, 0.25) is 0 Å². The van der Waals surface area contributed by atoms with Crippen molar-refractivity contribution in [3.63, 3.8) is 0 Å². The van der Waals surface area contributed by atoms with Gasteiger partial charge in [0.15, 0.2) is 0 Å². The molecule has 0 aliphatic heterocycles. The van der Waals surface area contributed by atoms with Crippen LogP contribution in [-0.4, -0.2) is 4.98 Å². The molecule has 1 nitrogen and oxygen atoms in total. The monoisotopic (exact) mass is 537 g/mol. The predicted octanol–water partition coefficient (Wildman–Crippen LogP) is 6.60. The number of fused-ring (bicyclic) bond motifs is 2. The molecule has 0 saturated heterocycles. The summed E-state index contributed by atoms with van der Waals surface area (Å²) in [5, 5.41) is 1.12. The molecule has 1 aliphatic carbocycles. The molecule has 1 aliphatic rings. The molecule has 2 heteroatoms. The van der Waals surface area contributed by atoms with E-state index >= 15 is 0 Å². The molecule has 0 spiro atoms. The number of nitrogens with zero attached hydrogens (tertiary/aromatic N) is 1. The zero-order chi connectivity index (χ0) is 20.6. The van der Waals surface area contributed by atoms with Gasteiger partial charge in [0.05, 0.1) is 5.52 Å². The van der Waals surface area contributed by atoms with Crippen LogP contribution in [-0.2, 0) is 30.9 Å². The van der Waals surface area contributed by atoms with Gasteiger partial charge in [-0.25, -0.2) is 0 Å². The Bertz CT molecular complexity index is 1130. The third-order valence-corrected chi connectivity index (χ3v) is 7.39. The minimum Gasteiger partial charge on any atom is -0.296 e. The third kappa shape index (κ3) is 2.64. The number of hydrogen-bond acceptors (Lipinski definition) is 1. The first-order valence-corrected chi connectivity index (χ1v) is 9.35. The average molecular weight is 537 g/mol. The van der Waals surface area contributed by atoms with Gasteiger partial charge in [0.1, 0.15) is 0 Å². The van der Waals surface area contributed by atoms with E-state index in [1.54, 1.807) is 0 Å². The van der Waals surface area contributed by atoms with Crippen LogP contribution in [0.15, 0.2) is 42.4 Å². The fourth-order valence-electron chi connectivity index (χ4n) is 4.33. The topological polar surface area (TPSA) is 12.9 Å². The molecule has 0 N–H and O–H groups in total. The molecular formula is C25H28IrN-. The SMILES string of the molecule is [2H]c1[c-]c(-c2ccc3c(C)cccc3n2)c([2H])c2c1C(C)(C)C(C)(C)C2(C)C.[Ir]. The van der Waals surface area contributed by atoms with E-state index in [0.29, 0.717) is 17.6 Å². The molecule has 0 amide bonds. The van der Waals surface area contributed by atoms with Crippen molar-refractivity contribution in [1.29, 1.82) is 0 Å². The van der Waals surface area contributed by atoms with E-state index in [0.717, 1.165) is 27.7 Å². The second kappa shape index (κ2) is 6.26. The largest absolute Gasteiger partial charge is 0.296 e. The molecule has 1 heterocycles. The Labute approximate surface area is 179 Å². The van der Waals surface area contributed by atoms with Crippen LogP contribution in [0.3, 0.4) is 0 Å². The minimum atomic E-state index is -0.226. The van der Waals surface area contributed by atoms with Crippen molar-refractivity contribution in [1.82, 2.24) is 4.98 Å². The predicted molar refractivity (Wildman–Crippen MR) is 111 cm³/mol. The van der Waals surface area contributed by atoms with E-state index in [1.807, 2.05) is 18.2 Å². The second-order valence-corrected chi connectivity index (χ2v) is 9.21. The maximum atomic E-state index is 9.07. The summed E-state index contributed by atoms with van der Waals surface area (Å²) in [6, 6.07) is 14.2. The first-order chi connectivity index (χ1) is 12.9. The molecular weight excluding hydrogens is 506 g/mol. The van der Waals surface area contributed by atoms with E-state index in [1.165, 1.54) is 5.56 Å². The van der Waals surface area contributed by atoms with Crippen molar-refractivity contribution in [2.75, 3.05) is 0 Å². The number of rotatable bonds is 1. The van der Waals surface area contributed by atoms with Gasteiger partial charge in [-0.2, -0.15) is 0 Å². The van der Waals surface area contributed by atoms with Gasteiger partial charge in [-0.1, -0.05) is 65.8 Å². The van der Waals surface area contributed by atoms with Crippen molar-refractivity contribution in [3.05, 3.63) is 65.2 Å². The maximum absolute atomic E-state index is 9.07. The Balaban J connectivity index is 0.00000240. The fraction of sp³-hybridized carbons (Fsp3) is 0.400. The fourth-order valence-corrected chi connectivity index (χ4v) is 4.33. The zero-order valence-corrected chi connectivity index (χ0v) is 19.6. The van der Waals surface area contributed by atoms with Gasteiger partial charge < -0.3 is 0 Å². The van der Waals surface area contributed by atoms with Gasteiger partial charge in [-0.15, -0.1) is 34.8 Å². The van der Waals surface area contributed by atoms with E-state index < -0.39 is 0 Å². The Morgan fingerprint density at radius 1 is 0.926 bits per heavy atom. The minimum absolute atomic E-state index is 0. The molecule has 3 aromatic rings. The summed E-state index contributed by atoms with van der Waals surface area (Å²) in [4.78, 5) is 4.82. The van der Waals surface area contributed by atoms with Crippen LogP contribution in [0.1, 0.15) is 61.0 Å². The summed E-state index contributed by atoms with van der Waals surface area (Å²) in [6.07, 6.45) is 0. The average Bonchev–Trinajstić information content (AvgIpc) is 2.72. The molecule has 1 radical (unpaired) electrons. The van der Waals surface area contributed by atoms with E-state index in [-0.39, 0.29) is 36.4 Å². The third-order valence-electron chi connectivity index (χ3n) is 7.39. The van der Waals surface area contributed by atoms with Gasteiger partial charge in [0.25, 0.3) is 0 Å². The summed E-state index contributed by atoms with van der Waals surface area (Å²) >= 11 is 0. The molecule has 2 aromatic carbocycles. The summed E-state index contributed by atoms with van der Waals surface area (Å²) in [7, 11) is 0. The molecule has 143 valence electrons. The molecule has 4 rings (SSSR count). The van der Waals surface area contributed by atoms with Crippen LogP contribution in [0.4, 0.5) is 0 Å². The van der Waals surface area contributed by atoms with Gasteiger partial charge >= 0.3 is 0 Å². The normalized spacial score (nSPS) is 19.8. The van der Waals surface area contributed by atoms with Gasteiger partial charge in [0, 0.05) is 26.9 Å². The van der Waals surface area contributed by atoms with Crippen LogP contribution < -0.4 is 0 Å². The first kappa shape index (κ1) is 17.6. The van der Waals surface area contributed by atoms with Crippen molar-refractivity contribution in [3.8, 4) is 11.3 Å². The van der Waals surface area contributed by atoms with Crippen LogP contribution in [0.25, 0.3) is 22.2 Å². The number of aromatic nitrogens is 1. The number of pyridine rings is 1. The smallest absolute Gasteiger partial charge is 0.0597 e. The summed E-state index contributed by atoms with van der Waals surface area (Å²) in [6.45, 7) is 15.4. The Morgan fingerprint density at radius 2 is 1.59 bits per heavy atom. The van der Waals surface area contributed by atoms with E-state index in [2.05, 4.69) is 66.7 Å². The number of hydrogen-bond donors (Lipinski definition) is 0. The molecule has 0 atom stereocenters. The van der Waals surface area contributed by atoms with Gasteiger partial charge in [-0.3, -0.25) is 4.98 Å². The van der Waals surface area contributed by atoms with Gasteiger partial charge in [-0.05, 0) is 41.9 Å². The van der Waals surface area contributed by atoms with Crippen molar-refractivity contribution < 1.29 is 22.8 Å². The second-order valence-electron chi connectivity index (χ2n) is 9.21. The quantitative estimate of drug-likeness (QED) is 0.319. The van der Waals surface area contributed by atoms with Crippen LogP contribution in [0, 0.1) is 18.4 Å². The summed E-state index contributed by atoms with van der Waals surface area (Å²) in [5.74, 6) is 0. The molecule has 1 aromatic heterocycles. The Kier molecular flexibility index (Phi) is 4.08. The summed E-state index contributed by atoms with van der Waals surface area (Å²) in [5.41, 5.74) is 4.88. The van der Waals surface area contributed by atoms with E-state index in [9.17, 15) is 0 Å². The standard InChI is InChI=1S/C25H28N.Ir/c1-16-9-8-10-22-18(16)12-14-21(26-22)17-11-13-19-20(15-17)24(4,5)25(6,7)23(19,2)3;/h8-10,12-15H,1-7H3;/q-1;/i13D,15D;. The van der Waals surface area contributed by atoms with Gasteiger partial charge in [0.2, 0.25) is 0 Å². The van der Waals surface area contributed by atoms with Crippen molar-refractivity contribution in [2.24, 2.45) is 5.41 Å². The number of benzene rings is 2. The van der Waals surface area contributed by atoms with Crippen LogP contribution in [0.5, 0.6) is 0 Å². The molecule has 0 saturated carbocycles. The van der Waals surface area contributed by atoms with Crippen LogP contribution >= 0.6 is 0 Å². The zero-order valence-electron chi connectivity index (χ0n) is 19.2. The van der Waals surface area contributed by atoms with Crippen molar-refractivity contribution >= 4 is 10.9 Å². The molecule has 0 fully saturated rings. The summed E-state index contributed by atoms with van der Waals surface area (Å²) < 4.78 is 17.8. The molecule has 27 heavy (non-hydrogen) atoms. The maximum Gasteiger partial charge on any atom is 0.0597 e. The van der Waals surface area contributed by atoms with E-state index in [4.69, 9.17) is 7.73 Å².